The van der Waals surface area contributed by atoms with Gasteiger partial charge in [-0.3, -0.25) is 4.99 Å². The van der Waals surface area contributed by atoms with Crippen molar-refractivity contribution in [1.82, 2.24) is 15.5 Å². The fourth-order valence-electron chi connectivity index (χ4n) is 3.41. The van der Waals surface area contributed by atoms with Gasteiger partial charge in [0.2, 0.25) is 0 Å². The molecule has 0 aromatic heterocycles. The Morgan fingerprint density at radius 1 is 1.38 bits per heavy atom. The summed E-state index contributed by atoms with van der Waals surface area (Å²) in [4.78, 5) is 8.97. The van der Waals surface area contributed by atoms with E-state index in [-0.39, 0.29) is 29.4 Å². The van der Waals surface area contributed by atoms with Gasteiger partial charge in [-0.2, -0.15) is 0 Å². The van der Waals surface area contributed by atoms with Crippen molar-refractivity contribution in [2.24, 2.45) is 10.4 Å². The van der Waals surface area contributed by atoms with E-state index < -0.39 is 0 Å². The van der Waals surface area contributed by atoms with E-state index >= 15 is 0 Å². The predicted octanol–water partition coefficient (Wildman–Crippen LogP) is 3.29. The van der Waals surface area contributed by atoms with E-state index in [2.05, 4.69) is 59.4 Å². The summed E-state index contributed by atoms with van der Waals surface area (Å²) in [6, 6.07) is 8.46. The van der Waals surface area contributed by atoms with Crippen molar-refractivity contribution in [3.05, 3.63) is 29.3 Å². The van der Waals surface area contributed by atoms with Crippen LogP contribution in [0.2, 0.25) is 5.02 Å². The SMILES string of the molecule is CN=C(NCC(C)(C)CN(C)C)NC1CCN(c2cccc(Cl)c2)C1.I. The van der Waals surface area contributed by atoms with Gasteiger partial charge >= 0.3 is 0 Å². The lowest BCUT2D eigenvalue weighted by atomic mass is 9.93. The predicted molar refractivity (Wildman–Crippen MR) is 124 cm³/mol. The highest BCUT2D eigenvalue weighted by Crippen LogP contribution is 2.23. The zero-order valence-electron chi connectivity index (χ0n) is 16.6. The minimum Gasteiger partial charge on any atom is -0.369 e. The number of anilines is 1. The van der Waals surface area contributed by atoms with Crippen molar-refractivity contribution >= 4 is 47.2 Å². The Kier molecular flexibility index (Phi) is 9.47. The standard InChI is InChI=1S/C19H32ClN5.HI/c1-19(2,14-24(4)5)13-22-18(21-3)23-16-9-10-25(12-16)17-8-6-7-15(20)11-17;/h6-8,11,16H,9-10,12-14H2,1-5H3,(H2,21,22,23);1H. The van der Waals surface area contributed by atoms with Crippen LogP contribution in [0.5, 0.6) is 0 Å². The second kappa shape index (κ2) is 10.6. The van der Waals surface area contributed by atoms with Crippen molar-refractivity contribution < 1.29 is 0 Å². The number of benzene rings is 1. The quantitative estimate of drug-likeness (QED) is 0.363. The minimum absolute atomic E-state index is 0. The largest absolute Gasteiger partial charge is 0.369 e. The normalized spacial score (nSPS) is 18.0. The number of rotatable bonds is 6. The van der Waals surface area contributed by atoms with Gasteiger partial charge in [0.05, 0.1) is 0 Å². The van der Waals surface area contributed by atoms with Gasteiger partial charge in [-0.05, 0) is 44.1 Å². The van der Waals surface area contributed by atoms with Crippen LogP contribution in [0.25, 0.3) is 0 Å². The van der Waals surface area contributed by atoms with Gasteiger partial charge in [0.1, 0.15) is 0 Å². The van der Waals surface area contributed by atoms with Crippen molar-refractivity contribution in [1.29, 1.82) is 0 Å². The zero-order valence-corrected chi connectivity index (χ0v) is 19.6. The van der Waals surface area contributed by atoms with E-state index in [1.54, 1.807) is 0 Å². The lowest BCUT2D eigenvalue weighted by Gasteiger charge is -2.29. The molecule has 1 aliphatic heterocycles. The summed E-state index contributed by atoms with van der Waals surface area (Å²) in [6.45, 7) is 8.44. The van der Waals surface area contributed by atoms with Gasteiger partial charge in [0.25, 0.3) is 0 Å². The molecule has 1 atom stereocenters. The van der Waals surface area contributed by atoms with Crippen molar-refractivity contribution in [3.8, 4) is 0 Å². The van der Waals surface area contributed by atoms with Crippen molar-refractivity contribution in [2.75, 3.05) is 52.2 Å². The Balaban J connectivity index is 0.00000338. The van der Waals surface area contributed by atoms with E-state index in [0.29, 0.717) is 6.04 Å². The number of aliphatic imine (C=N–C) groups is 1. The molecule has 1 heterocycles. The number of halogens is 2. The van der Waals surface area contributed by atoms with Crippen LogP contribution in [0, 0.1) is 5.41 Å². The lowest BCUT2D eigenvalue weighted by molar-refractivity contribution is 0.241. The molecule has 0 saturated carbocycles. The highest BCUT2D eigenvalue weighted by Gasteiger charge is 2.24. The van der Waals surface area contributed by atoms with Gasteiger partial charge in [-0.25, -0.2) is 0 Å². The molecule has 1 saturated heterocycles. The molecule has 1 unspecified atom stereocenters. The maximum Gasteiger partial charge on any atom is 0.191 e. The summed E-state index contributed by atoms with van der Waals surface area (Å²) < 4.78 is 0. The summed E-state index contributed by atoms with van der Waals surface area (Å²) in [5.41, 5.74) is 1.37. The average molecular weight is 494 g/mol. The minimum atomic E-state index is 0. The molecule has 0 radical (unpaired) electrons. The van der Waals surface area contributed by atoms with Crippen LogP contribution in [0.15, 0.2) is 29.3 Å². The summed E-state index contributed by atoms with van der Waals surface area (Å²) >= 11 is 6.11. The Labute approximate surface area is 180 Å². The van der Waals surface area contributed by atoms with Gasteiger partial charge in [-0.15, -0.1) is 24.0 Å². The first-order valence-corrected chi connectivity index (χ1v) is 9.29. The molecule has 1 fully saturated rings. The van der Waals surface area contributed by atoms with Gasteiger partial charge in [0, 0.05) is 50.0 Å². The van der Waals surface area contributed by atoms with E-state index in [1.165, 1.54) is 5.69 Å². The van der Waals surface area contributed by atoms with Gasteiger partial charge in [-0.1, -0.05) is 31.5 Å². The second-order valence-electron chi connectivity index (χ2n) is 7.88. The molecule has 26 heavy (non-hydrogen) atoms. The molecule has 0 amide bonds. The van der Waals surface area contributed by atoms with Crippen LogP contribution in [0.3, 0.4) is 0 Å². The molecule has 1 aromatic carbocycles. The van der Waals surface area contributed by atoms with Crippen LogP contribution in [-0.4, -0.2) is 64.2 Å². The topological polar surface area (TPSA) is 42.9 Å². The molecule has 148 valence electrons. The summed E-state index contributed by atoms with van der Waals surface area (Å²) in [5.74, 6) is 0.879. The summed E-state index contributed by atoms with van der Waals surface area (Å²) in [6.07, 6.45) is 1.09. The molecule has 5 nitrogen and oxygen atoms in total. The molecule has 1 aromatic rings. The smallest absolute Gasteiger partial charge is 0.191 e. The molecule has 0 spiro atoms. The van der Waals surface area contributed by atoms with Crippen LogP contribution < -0.4 is 15.5 Å². The number of hydrogen-bond acceptors (Lipinski definition) is 3. The van der Waals surface area contributed by atoms with Gasteiger partial charge in [0.15, 0.2) is 5.96 Å². The Bertz CT molecular complexity index is 591. The molecular weight excluding hydrogens is 461 g/mol. The van der Waals surface area contributed by atoms with Gasteiger partial charge < -0.3 is 20.4 Å². The molecular formula is C19H33ClIN5. The Morgan fingerprint density at radius 2 is 2.12 bits per heavy atom. The first kappa shape index (κ1) is 23.3. The zero-order chi connectivity index (χ0) is 18.4. The van der Waals surface area contributed by atoms with Crippen molar-refractivity contribution in [2.45, 2.75) is 26.3 Å². The van der Waals surface area contributed by atoms with Crippen LogP contribution in [0.4, 0.5) is 5.69 Å². The molecule has 0 bridgehead atoms. The summed E-state index contributed by atoms with van der Waals surface area (Å²) in [5, 5.41) is 7.82. The molecule has 2 rings (SSSR count). The second-order valence-corrected chi connectivity index (χ2v) is 8.32. The number of nitrogens with zero attached hydrogens (tertiary/aromatic N) is 3. The molecule has 0 aliphatic carbocycles. The first-order valence-electron chi connectivity index (χ1n) is 8.91. The Morgan fingerprint density at radius 3 is 2.73 bits per heavy atom. The first-order chi connectivity index (χ1) is 11.8. The van der Waals surface area contributed by atoms with E-state index in [9.17, 15) is 0 Å². The summed E-state index contributed by atoms with van der Waals surface area (Å²) in [7, 11) is 6.05. The maximum atomic E-state index is 6.11. The molecule has 2 N–H and O–H groups in total. The van der Waals surface area contributed by atoms with Crippen molar-refractivity contribution in [3.63, 3.8) is 0 Å². The number of guanidine groups is 1. The number of nitrogens with one attached hydrogen (secondary N) is 2. The maximum absolute atomic E-state index is 6.11. The fraction of sp³-hybridized carbons (Fsp3) is 0.632. The highest BCUT2D eigenvalue weighted by molar-refractivity contribution is 14.0. The highest BCUT2D eigenvalue weighted by atomic mass is 127. The number of hydrogen-bond donors (Lipinski definition) is 2. The third-order valence-corrected chi connectivity index (χ3v) is 4.64. The molecule has 1 aliphatic rings. The van der Waals surface area contributed by atoms with Crippen LogP contribution in [-0.2, 0) is 0 Å². The monoisotopic (exact) mass is 493 g/mol. The molecule has 7 heteroatoms. The average Bonchev–Trinajstić information content (AvgIpc) is 2.99. The Hall–Kier alpha value is -0.730. The third-order valence-electron chi connectivity index (χ3n) is 4.40. The third kappa shape index (κ3) is 7.48. The van der Waals surface area contributed by atoms with Crippen LogP contribution in [0.1, 0.15) is 20.3 Å². The van der Waals surface area contributed by atoms with E-state index in [4.69, 9.17) is 11.6 Å². The van der Waals surface area contributed by atoms with E-state index in [1.807, 2.05) is 25.2 Å². The lowest BCUT2D eigenvalue weighted by Crippen LogP contribution is -2.48. The van der Waals surface area contributed by atoms with Crippen LogP contribution >= 0.6 is 35.6 Å². The fourth-order valence-corrected chi connectivity index (χ4v) is 3.59. The van der Waals surface area contributed by atoms with E-state index in [0.717, 1.165) is 43.6 Å².